The topological polar surface area (TPSA) is 245 Å². The lowest BCUT2D eigenvalue weighted by Crippen LogP contribution is -2.11. The van der Waals surface area contributed by atoms with Gasteiger partial charge in [0.15, 0.2) is 9.93 Å². The van der Waals surface area contributed by atoms with Crippen LogP contribution in [0.25, 0.3) is 0 Å². The van der Waals surface area contributed by atoms with Crippen LogP contribution in [0.1, 0.15) is 170 Å². The third-order valence-electron chi connectivity index (χ3n) is 12.7. The number of carbonyl (C=O) groups excluding carboxylic acids is 2. The quantitative estimate of drug-likeness (QED) is 0.0165. The number of rotatable bonds is 17. The molecule has 8 rings (SSSR count). The van der Waals surface area contributed by atoms with Crippen molar-refractivity contribution in [3.63, 3.8) is 0 Å². The minimum absolute atomic E-state index is 0. The molecule has 4 N–H and O–H groups in total. The Kier molecular flexibility index (Phi) is 50.5. The summed E-state index contributed by atoms with van der Waals surface area (Å²) in [6.45, 7) is 24.9. The number of hydrogen-bond acceptors (Lipinski definition) is 16. The number of pyridine rings is 6. The number of thioether (sulfide) groups is 1. The molecule has 514 valence electrons. The highest BCUT2D eigenvalue weighted by Gasteiger charge is 2.17. The van der Waals surface area contributed by atoms with Crippen molar-refractivity contribution in [1.82, 2.24) is 49.8 Å². The van der Waals surface area contributed by atoms with Crippen molar-refractivity contribution in [3.05, 3.63) is 220 Å². The second kappa shape index (κ2) is 52.5. The summed E-state index contributed by atoms with van der Waals surface area (Å²) in [6.07, 6.45) is 29.1. The van der Waals surface area contributed by atoms with Crippen molar-refractivity contribution in [2.24, 2.45) is 0 Å². The Hall–Kier alpha value is -3.60. The van der Waals surface area contributed by atoms with Crippen LogP contribution in [0.15, 0.2) is 125 Å². The van der Waals surface area contributed by atoms with E-state index >= 15 is 0 Å². The number of halogens is 8. The molecule has 0 aliphatic heterocycles. The average Bonchev–Trinajstić information content (AvgIpc) is 1.29. The van der Waals surface area contributed by atoms with Crippen LogP contribution in [0.2, 0.25) is 0 Å². The largest absolute Gasteiger partial charge is 0.462 e. The Morgan fingerprint density at radius 1 is 0.511 bits per heavy atom. The molecule has 0 fully saturated rings. The summed E-state index contributed by atoms with van der Waals surface area (Å²) in [7, 11) is 0. The van der Waals surface area contributed by atoms with Gasteiger partial charge in [-0.25, -0.2) is 14.6 Å². The number of nitrogens with zero attached hydrogens (tertiary/aromatic N) is 7. The van der Waals surface area contributed by atoms with E-state index in [9.17, 15) is 19.2 Å². The van der Waals surface area contributed by atoms with Gasteiger partial charge >= 0.3 is 11.9 Å². The van der Waals surface area contributed by atoms with Gasteiger partial charge < -0.3 is 24.5 Å². The van der Waals surface area contributed by atoms with E-state index in [1.54, 1.807) is 62.8 Å². The monoisotopic (exact) mass is 1860 g/mol. The normalized spacial score (nSPS) is 9.94. The van der Waals surface area contributed by atoms with Crippen molar-refractivity contribution in [2.45, 2.75) is 165 Å². The van der Waals surface area contributed by atoms with Crippen LogP contribution in [0.4, 0.5) is 0 Å². The summed E-state index contributed by atoms with van der Waals surface area (Å²) in [5.41, 5.74) is 15.8. The lowest BCUT2D eigenvalue weighted by Gasteiger charge is -2.11. The van der Waals surface area contributed by atoms with Gasteiger partial charge in [-0.2, -0.15) is 0 Å². The fourth-order valence-electron chi connectivity index (χ4n) is 8.23. The number of aromatic amines is 3. The molecule has 0 spiro atoms. The van der Waals surface area contributed by atoms with Crippen LogP contribution in [0.5, 0.6) is 0 Å². The molecule has 8 aromatic heterocycles. The molecule has 0 atom stereocenters. The number of ether oxygens (including phenoxy) is 2. The highest BCUT2D eigenvalue weighted by atomic mass is 80.0. The second-order valence-electron chi connectivity index (χ2n) is 18.9. The number of aliphatic hydroxyl groups is 1. The summed E-state index contributed by atoms with van der Waals surface area (Å²) >= 11 is 32.3. The molecule has 0 amide bonds. The average molecular weight is 1860 g/mol. The Morgan fingerprint density at radius 2 is 0.862 bits per heavy atom. The van der Waals surface area contributed by atoms with E-state index in [0.29, 0.717) is 43.2 Å². The minimum Gasteiger partial charge on any atom is -0.462 e. The highest BCUT2D eigenvalue weighted by Crippen LogP contribution is 2.59. The first kappa shape index (κ1) is 90.4. The van der Waals surface area contributed by atoms with Gasteiger partial charge in [-0.3, -0.25) is 44.5 Å². The molecule has 0 unspecified atom stereocenters. The smallest absolute Gasteiger partial charge is 0.340 e. The molecule has 0 radical (unpaired) electrons. The summed E-state index contributed by atoms with van der Waals surface area (Å²) in [5.74, 6) is 0.221. The fourth-order valence-corrected chi connectivity index (χ4v) is 12.5. The first-order valence-corrected chi connectivity index (χ1v) is 42.6. The van der Waals surface area contributed by atoms with Crippen molar-refractivity contribution in [1.29, 1.82) is 0 Å². The molecular formula is C66H85Br8N10O7PS2. The number of H-pyrrole nitrogens is 3. The first-order chi connectivity index (χ1) is 44.4. The van der Waals surface area contributed by atoms with E-state index in [4.69, 9.17) is 14.6 Å². The molecule has 0 aromatic carbocycles. The fraction of sp³-hybridized carbons (Fsp3) is 0.394. The number of aromatic nitrogens is 10. The summed E-state index contributed by atoms with van der Waals surface area (Å²) in [6, 6.07) is 4.90. The predicted molar refractivity (Wildman–Crippen MR) is 418 cm³/mol. The number of nitrogens with one attached hydrogen (secondary N) is 3. The lowest BCUT2D eigenvalue weighted by atomic mass is 10.0. The molecular weight excluding hydrogens is 1780 g/mol. The van der Waals surface area contributed by atoms with Crippen LogP contribution < -0.4 is 11.1 Å². The van der Waals surface area contributed by atoms with Crippen LogP contribution >= 0.6 is 154 Å². The zero-order chi connectivity index (χ0) is 70.0. The number of aliphatic hydroxyl groups excluding tert-OH is 1. The molecule has 0 saturated carbocycles. The van der Waals surface area contributed by atoms with E-state index in [0.717, 1.165) is 111 Å². The molecule has 0 bridgehead atoms. The van der Waals surface area contributed by atoms with Gasteiger partial charge in [0, 0.05) is 118 Å². The Morgan fingerprint density at radius 3 is 1.19 bits per heavy atom. The first-order valence-electron chi connectivity index (χ1n) is 29.5. The number of hydrogen-bond donors (Lipinski definition) is 4. The Bertz CT molecular complexity index is 3510. The van der Waals surface area contributed by atoms with Gasteiger partial charge in [-0.1, -0.05) is 90.5 Å². The highest BCUT2D eigenvalue weighted by molar-refractivity contribution is 9.93. The number of aryl methyl sites for hydroxylation is 10. The van der Waals surface area contributed by atoms with Crippen molar-refractivity contribution >= 4 is 166 Å². The number of alkyl halides is 1. The van der Waals surface area contributed by atoms with Crippen LogP contribution in [0, 0.1) is 18.6 Å². The van der Waals surface area contributed by atoms with E-state index in [1.165, 1.54) is 45.5 Å². The van der Waals surface area contributed by atoms with Crippen molar-refractivity contribution in [2.75, 3.05) is 13.2 Å². The van der Waals surface area contributed by atoms with Gasteiger partial charge in [0.25, 0.3) is 11.1 Å². The second-order valence-corrected chi connectivity index (χ2v) is 39.8. The standard InChI is InChI=1S/C15H19N3OS.C12H17NO2.C10H14BrN.C10H15NO.C8H7Br2NO2.C5H3Br2N.C5H6N2OS.CH4.Br3P/c1-4-11-7-16-8-12(5-2)13(11)9-20-15-17-10(3)6-14(19)18-15;1-4-9-7-13-8-10(5-2)11(9)12(14)15-6-3;1-3-8-6-12-7-9(4-2)10(8)5-11;1-3-8-5-11-6-9(4-2)10(8)7-12;1-2-13-8(12)7-5(9)3-11-4-6(7)10;6-4-1-5(7)3-8-2-4;1-3-2-4(8)7-5(9)6-3;;1-4(2)3/h6-8H,4-5,9H2,1-3H3,(H,17,18,19);7-8H,4-6H2,1-3H3;6-7H,3-5H2,1-2H3;5-6,12H,3-4,7H2,1-2H3;3-4H,2H2,1H3;1-3H;2H,1H3,(H2,6,7,8,9);1H4;. The van der Waals surface area contributed by atoms with Crippen molar-refractivity contribution < 1.29 is 24.2 Å². The molecule has 0 aliphatic carbocycles. The Labute approximate surface area is 631 Å². The zero-order valence-electron chi connectivity index (χ0n) is 54.2. The van der Waals surface area contributed by atoms with E-state index < -0.39 is 0 Å². The van der Waals surface area contributed by atoms with E-state index in [2.05, 4.69) is 230 Å². The molecule has 0 saturated heterocycles. The van der Waals surface area contributed by atoms with Crippen LogP contribution in [-0.4, -0.2) is 80.1 Å². The molecule has 17 nitrogen and oxygen atoms in total. The summed E-state index contributed by atoms with van der Waals surface area (Å²) in [4.78, 5) is 82.0. The van der Waals surface area contributed by atoms with E-state index in [-0.39, 0.29) is 41.1 Å². The van der Waals surface area contributed by atoms with E-state index in [1.807, 2.05) is 70.9 Å². The molecule has 8 aromatic rings. The maximum absolute atomic E-state index is 11.8. The maximum atomic E-state index is 11.8. The van der Waals surface area contributed by atoms with Crippen molar-refractivity contribution in [3.8, 4) is 0 Å². The summed E-state index contributed by atoms with van der Waals surface area (Å²) < 4.78 is 13.3. The maximum Gasteiger partial charge on any atom is 0.340 e. The van der Waals surface area contributed by atoms with Gasteiger partial charge in [-0.05, 0) is 269 Å². The van der Waals surface area contributed by atoms with Gasteiger partial charge in [0.05, 0.1) is 39.9 Å². The summed E-state index contributed by atoms with van der Waals surface area (Å²) in [5, 5.41) is 10.8. The molecule has 28 heteroatoms. The molecule has 0 aliphatic rings. The van der Waals surface area contributed by atoms with Crippen LogP contribution in [0.3, 0.4) is 0 Å². The number of esters is 2. The molecule has 94 heavy (non-hydrogen) atoms. The minimum atomic E-state index is -0.358. The molecule has 8 heterocycles. The number of carbonyl (C=O) groups is 2. The Balaban J connectivity index is 0.00000108. The lowest BCUT2D eigenvalue weighted by molar-refractivity contribution is 0.0514. The van der Waals surface area contributed by atoms with Gasteiger partial charge in [0.1, 0.15) is 4.03 Å². The SMILES string of the molecule is BrP(Br)Br.Brc1cncc(Br)c1.C.CCOC(=O)c1c(Br)cncc1Br.CCOC(=O)c1c(CC)cncc1CC.CCc1cncc(CC)c1CBr.CCc1cncc(CC)c1CO.CCc1cncc(CC)c1CSc1nc(C)cc(=O)[nH]1.Cc1cc(=O)[nH]c(=S)[nH]1. The van der Waals surface area contributed by atoms with Gasteiger partial charge in [0.2, 0.25) is 0 Å². The zero-order valence-corrected chi connectivity index (χ0v) is 69.4. The third-order valence-corrected chi connectivity index (χ3v) is 16.5. The third kappa shape index (κ3) is 34.7. The van der Waals surface area contributed by atoms with Gasteiger partial charge in [-0.15, -0.1) is 0 Å². The van der Waals surface area contributed by atoms with Crippen LogP contribution in [-0.2, 0) is 78.5 Å². The predicted octanol–water partition coefficient (Wildman–Crippen LogP) is 20.2.